The molecule has 1 aromatic carbocycles. The van der Waals surface area contributed by atoms with Gasteiger partial charge in [0, 0.05) is 6.04 Å². The lowest BCUT2D eigenvalue weighted by Crippen LogP contribution is -2.35. The molecule has 0 saturated heterocycles. The van der Waals surface area contributed by atoms with Crippen LogP contribution in [-0.2, 0) is 0 Å². The topological polar surface area (TPSA) is 67.1 Å². The average molecular weight is 265 g/mol. The van der Waals surface area contributed by atoms with E-state index in [4.69, 9.17) is 5.84 Å². The monoisotopic (exact) mass is 265 g/mol. The Bertz CT molecular complexity index is 442. The van der Waals surface area contributed by atoms with Crippen LogP contribution in [0.25, 0.3) is 0 Å². The van der Waals surface area contributed by atoms with Gasteiger partial charge in [0.25, 0.3) is 5.91 Å². The van der Waals surface area contributed by atoms with Gasteiger partial charge in [-0.2, -0.15) is 0 Å². The molecule has 104 valence electrons. The van der Waals surface area contributed by atoms with Gasteiger partial charge < -0.3 is 10.7 Å². The summed E-state index contributed by atoms with van der Waals surface area (Å²) >= 11 is 0. The van der Waals surface area contributed by atoms with Crippen LogP contribution in [0.15, 0.2) is 18.2 Å². The zero-order valence-electron chi connectivity index (χ0n) is 10.9. The lowest BCUT2D eigenvalue weighted by Gasteiger charge is -2.17. The van der Waals surface area contributed by atoms with Gasteiger partial charge in [0.2, 0.25) is 0 Å². The van der Waals surface area contributed by atoms with Crippen molar-refractivity contribution in [3.05, 3.63) is 29.6 Å². The number of para-hydroxylation sites is 1. The zero-order chi connectivity index (χ0) is 13.7. The summed E-state index contributed by atoms with van der Waals surface area (Å²) in [6, 6.07) is 4.55. The number of hydrogen-bond acceptors (Lipinski definition) is 3. The normalized spacial score (nSPS) is 16.7. The molecule has 0 radical (unpaired) electrons. The van der Waals surface area contributed by atoms with Crippen molar-refractivity contribution in [1.82, 2.24) is 5.32 Å². The largest absolute Gasteiger partial charge is 0.349 e. The molecule has 0 atom stereocenters. The minimum absolute atomic E-state index is 0.0496. The lowest BCUT2D eigenvalue weighted by molar-refractivity contribution is 0.0934. The fraction of sp³-hybridized carbons (Fsp3) is 0.500. The SMILES string of the molecule is NNc1c(F)cccc1C(=O)NC1CCCCCC1. The second-order valence-electron chi connectivity index (χ2n) is 4.97. The van der Waals surface area contributed by atoms with Gasteiger partial charge in [0.1, 0.15) is 5.82 Å². The van der Waals surface area contributed by atoms with E-state index in [2.05, 4.69) is 10.7 Å². The molecule has 0 aromatic heterocycles. The molecule has 5 heteroatoms. The maximum atomic E-state index is 13.5. The van der Waals surface area contributed by atoms with E-state index in [0.717, 1.165) is 25.7 Å². The van der Waals surface area contributed by atoms with Crippen LogP contribution in [0, 0.1) is 5.82 Å². The molecule has 2 rings (SSSR count). The van der Waals surface area contributed by atoms with Crippen LogP contribution in [0.5, 0.6) is 0 Å². The molecule has 1 aliphatic carbocycles. The van der Waals surface area contributed by atoms with E-state index < -0.39 is 5.82 Å². The predicted molar refractivity (Wildman–Crippen MR) is 73.2 cm³/mol. The molecule has 0 bridgehead atoms. The van der Waals surface area contributed by atoms with Gasteiger partial charge >= 0.3 is 0 Å². The average Bonchev–Trinajstić information content (AvgIpc) is 2.67. The fourth-order valence-corrected chi connectivity index (χ4v) is 2.55. The number of nitrogens with two attached hydrogens (primary N) is 1. The molecule has 1 saturated carbocycles. The van der Waals surface area contributed by atoms with E-state index in [1.165, 1.54) is 25.0 Å². The number of nitrogen functional groups attached to an aromatic ring is 1. The maximum Gasteiger partial charge on any atom is 0.253 e. The Hall–Kier alpha value is -1.62. The summed E-state index contributed by atoms with van der Waals surface area (Å²) in [6.07, 6.45) is 6.70. The van der Waals surface area contributed by atoms with Crippen molar-refractivity contribution < 1.29 is 9.18 Å². The summed E-state index contributed by atoms with van der Waals surface area (Å²) in [7, 11) is 0. The third kappa shape index (κ3) is 3.44. The van der Waals surface area contributed by atoms with E-state index in [1.807, 2.05) is 0 Å². The first-order valence-electron chi connectivity index (χ1n) is 6.78. The maximum absolute atomic E-state index is 13.5. The molecular formula is C14H20FN3O. The van der Waals surface area contributed by atoms with Gasteiger partial charge in [-0.3, -0.25) is 10.6 Å². The molecular weight excluding hydrogens is 245 g/mol. The first-order chi connectivity index (χ1) is 9.22. The Labute approximate surface area is 112 Å². The van der Waals surface area contributed by atoms with Crippen molar-refractivity contribution in [1.29, 1.82) is 0 Å². The zero-order valence-corrected chi connectivity index (χ0v) is 10.9. The molecule has 0 heterocycles. The van der Waals surface area contributed by atoms with Crippen molar-refractivity contribution >= 4 is 11.6 Å². The Morgan fingerprint density at radius 3 is 2.53 bits per heavy atom. The predicted octanol–water partition coefficient (Wildman–Crippen LogP) is 2.56. The molecule has 1 aliphatic rings. The number of nitrogens with one attached hydrogen (secondary N) is 2. The third-order valence-corrected chi connectivity index (χ3v) is 3.59. The van der Waals surface area contributed by atoms with Crippen LogP contribution in [0.4, 0.5) is 10.1 Å². The summed E-state index contributed by atoms with van der Waals surface area (Å²) in [6.45, 7) is 0. The Morgan fingerprint density at radius 2 is 1.89 bits per heavy atom. The third-order valence-electron chi connectivity index (χ3n) is 3.59. The molecule has 19 heavy (non-hydrogen) atoms. The van der Waals surface area contributed by atoms with E-state index in [0.29, 0.717) is 0 Å². The van der Waals surface area contributed by atoms with Gasteiger partial charge in [-0.15, -0.1) is 0 Å². The van der Waals surface area contributed by atoms with Crippen molar-refractivity contribution in [3.8, 4) is 0 Å². The van der Waals surface area contributed by atoms with Gasteiger partial charge in [-0.05, 0) is 25.0 Å². The highest BCUT2D eigenvalue weighted by Crippen LogP contribution is 2.21. The van der Waals surface area contributed by atoms with Crippen LogP contribution in [0.1, 0.15) is 48.9 Å². The second kappa shape index (κ2) is 6.52. The summed E-state index contributed by atoms with van der Waals surface area (Å²) in [5.74, 6) is 4.50. The highest BCUT2D eigenvalue weighted by Gasteiger charge is 2.19. The minimum atomic E-state index is -0.518. The summed E-state index contributed by atoms with van der Waals surface area (Å²) in [5, 5.41) is 2.98. The van der Waals surface area contributed by atoms with Gasteiger partial charge in [-0.25, -0.2) is 4.39 Å². The number of benzene rings is 1. The van der Waals surface area contributed by atoms with Crippen LogP contribution in [0.3, 0.4) is 0 Å². The van der Waals surface area contributed by atoms with E-state index >= 15 is 0 Å². The number of rotatable bonds is 3. The highest BCUT2D eigenvalue weighted by molar-refractivity contribution is 5.99. The van der Waals surface area contributed by atoms with Crippen LogP contribution in [-0.4, -0.2) is 11.9 Å². The molecule has 4 N–H and O–H groups in total. The van der Waals surface area contributed by atoms with Crippen molar-refractivity contribution in [3.63, 3.8) is 0 Å². The van der Waals surface area contributed by atoms with Crippen molar-refractivity contribution in [2.24, 2.45) is 5.84 Å². The van der Waals surface area contributed by atoms with Gasteiger partial charge in [0.05, 0.1) is 11.3 Å². The van der Waals surface area contributed by atoms with E-state index in [1.54, 1.807) is 6.07 Å². The van der Waals surface area contributed by atoms with Crippen LogP contribution < -0.4 is 16.6 Å². The molecule has 0 aliphatic heterocycles. The number of hydrogen-bond donors (Lipinski definition) is 3. The first-order valence-corrected chi connectivity index (χ1v) is 6.78. The number of amides is 1. The molecule has 4 nitrogen and oxygen atoms in total. The molecule has 1 aromatic rings. The number of carbonyl (C=O) groups is 1. The molecule has 1 fully saturated rings. The van der Waals surface area contributed by atoms with E-state index in [9.17, 15) is 9.18 Å². The van der Waals surface area contributed by atoms with Gasteiger partial charge in [0.15, 0.2) is 0 Å². The Balaban J connectivity index is 2.09. The van der Waals surface area contributed by atoms with Crippen molar-refractivity contribution in [2.45, 2.75) is 44.6 Å². The smallest absolute Gasteiger partial charge is 0.253 e. The van der Waals surface area contributed by atoms with E-state index in [-0.39, 0.29) is 23.2 Å². The summed E-state index contributed by atoms with van der Waals surface area (Å²) in [5.41, 5.74) is 2.56. The number of halogens is 1. The van der Waals surface area contributed by atoms with Crippen LogP contribution >= 0.6 is 0 Å². The Kier molecular flexibility index (Phi) is 4.74. The molecule has 1 amide bonds. The van der Waals surface area contributed by atoms with Crippen molar-refractivity contribution in [2.75, 3.05) is 5.43 Å². The van der Waals surface area contributed by atoms with Crippen LogP contribution in [0.2, 0.25) is 0 Å². The molecule has 0 spiro atoms. The number of carbonyl (C=O) groups excluding carboxylic acids is 1. The second-order valence-corrected chi connectivity index (χ2v) is 4.97. The first kappa shape index (κ1) is 13.8. The number of anilines is 1. The lowest BCUT2D eigenvalue weighted by atomic mass is 10.1. The standard InChI is InChI=1S/C14H20FN3O/c15-12-9-5-8-11(13(12)18-16)14(19)17-10-6-3-1-2-4-7-10/h5,8-10,18H,1-4,6-7,16H2,(H,17,19). The highest BCUT2D eigenvalue weighted by atomic mass is 19.1. The summed E-state index contributed by atoms with van der Waals surface area (Å²) < 4.78 is 13.5. The molecule has 0 unspecified atom stereocenters. The fourth-order valence-electron chi connectivity index (χ4n) is 2.55. The number of hydrazine groups is 1. The minimum Gasteiger partial charge on any atom is -0.349 e. The summed E-state index contributed by atoms with van der Waals surface area (Å²) in [4.78, 5) is 12.2. The van der Waals surface area contributed by atoms with Gasteiger partial charge in [-0.1, -0.05) is 31.7 Å². The Morgan fingerprint density at radius 1 is 1.21 bits per heavy atom. The quantitative estimate of drug-likeness (QED) is 0.447.